The molecule has 0 amide bonds. The highest BCUT2D eigenvalue weighted by molar-refractivity contribution is 5.84. The summed E-state index contributed by atoms with van der Waals surface area (Å²) in [4.78, 5) is 25.2. The van der Waals surface area contributed by atoms with Crippen molar-refractivity contribution in [3.8, 4) is 0 Å². The van der Waals surface area contributed by atoms with Crippen molar-refractivity contribution in [1.29, 1.82) is 0 Å². The lowest BCUT2D eigenvalue weighted by atomic mass is 9.79. The number of carbonyl (C=O) groups excluding carboxylic acids is 2. The molecule has 4 nitrogen and oxygen atoms in total. The average Bonchev–Trinajstić information content (AvgIpc) is 2.88. The van der Waals surface area contributed by atoms with Gasteiger partial charge in [0.15, 0.2) is 0 Å². The van der Waals surface area contributed by atoms with Crippen molar-refractivity contribution in [1.82, 2.24) is 0 Å². The van der Waals surface area contributed by atoms with Gasteiger partial charge >= 0.3 is 11.9 Å². The van der Waals surface area contributed by atoms with Gasteiger partial charge in [-0.05, 0) is 55.1 Å². The first kappa shape index (κ1) is 17.8. The molecule has 0 aromatic heterocycles. The van der Waals surface area contributed by atoms with E-state index in [-0.39, 0.29) is 42.4 Å². The summed E-state index contributed by atoms with van der Waals surface area (Å²) < 4.78 is 10.8. The van der Waals surface area contributed by atoms with Crippen LogP contribution in [0, 0.1) is 29.1 Å². The molecule has 4 atom stereocenters. The fourth-order valence-electron chi connectivity index (χ4n) is 4.37. The fraction of sp³-hybridized carbons (Fsp3) is 0.684. The van der Waals surface area contributed by atoms with E-state index in [1.54, 1.807) is 0 Å². The van der Waals surface area contributed by atoms with Gasteiger partial charge in [0.2, 0.25) is 0 Å². The molecule has 0 aliphatic heterocycles. The molecule has 0 spiro atoms. The Morgan fingerprint density at radius 1 is 0.913 bits per heavy atom. The summed E-state index contributed by atoms with van der Waals surface area (Å²) in [6.07, 6.45) is 1.93. The number of ether oxygens (including phenoxy) is 2. The van der Waals surface area contributed by atoms with E-state index < -0.39 is 11.8 Å². The molecular formula is C19H28O4. The molecule has 2 rings (SSSR count). The SMILES string of the molecule is C=C(C)COC(=O)C1C(C(=O)OCC(=C)C)C2CCC1C2(C)C. The van der Waals surface area contributed by atoms with E-state index in [0.29, 0.717) is 0 Å². The zero-order chi connectivity index (χ0) is 17.4. The van der Waals surface area contributed by atoms with Crippen LogP contribution in [0.2, 0.25) is 0 Å². The predicted octanol–water partition coefficient (Wildman–Crippen LogP) is 3.52. The number of rotatable bonds is 6. The van der Waals surface area contributed by atoms with Crippen LogP contribution in [0.3, 0.4) is 0 Å². The first-order chi connectivity index (χ1) is 10.7. The van der Waals surface area contributed by atoms with Crippen molar-refractivity contribution >= 4 is 11.9 Å². The smallest absolute Gasteiger partial charge is 0.310 e. The van der Waals surface area contributed by atoms with Crippen molar-refractivity contribution in [3.05, 3.63) is 24.3 Å². The van der Waals surface area contributed by atoms with Gasteiger partial charge in [-0.15, -0.1) is 0 Å². The summed E-state index contributed by atoms with van der Waals surface area (Å²) in [5, 5.41) is 0. The van der Waals surface area contributed by atoms with E-state index in [9.17, 15) is 9.59 Å². The highest BCUT2D eigenvalue weighted by Gasteiger charge is 2.64. The molecule has 0 saturated heterocycles. The van der Waals surface area contributed by atoms with Crippen LogP contribution in [0.4, 0.5) is 0 Å². The van der Waals surface area contributed by atoms with E-state index in [4.69, 9.17) is 9.47 Å². The van der Waals surface area contributed by atoms with E-state index in [0.717, 1.165) is 24.0 Å². The second-order valence-corrected chi connectivity index (χ2v) is 7.79. The molecule has 0 radical (unpaired) electrons. The van der Waals surface area contributed by atoms with Crippen LogP contribution < -0.4 is 0 Å². The largest absolute Gasteiger partial charge is 0.461 e. The minimum absolute atomic E-state index is 0.0418. The average molecular weight is 320 g/mol. The lowest BCUT2D eigenvalue weighted by Gasteiger charge is -2.27. The number of hydrogen-bond donors (Lipinski definition) is 0. The third-order valence-electron chi connectivity index (χ3n) is 5.42. The first-order valence-electron chi connectivity index (χ1n) is 8.28. The molecule has 2 bridgehead atoms. The van der Waals surface area contributed by atoms with Gasteiger partial charge < -0.3 is 9.47 Å². The molecule has 4 heteroatoms. The molecule has 0 aromatic carbocycles. The van der Waals surface area contributed by atoms with Gasteiger partial charge in [-0.2, -0.15) is 0 Å². The lowest BCUT2D eigenvalue weighted by molar-refractivity contribution is -0.162. The Kier molecular flexibility index (Phi) is 5.02. The van der Waals surface area contributed by atoms with Gasteiger partial charge in [-0.3, -0.25) is 9.59 Å². The molecule has 2 aliphatic carbocycles. The Balaban J connectivity index is 2.19. The quantitative estimate of drug-likeness (QED) is 0.555. The summed E-state index contributed by atoms with van der Waals surface area (Å²) >= 11 is 0. The summed E-state index contributed by atoms with van der Waals surface area (Å²) in [5.74, 6) is -1.03. The molecule has 23 heavy (non-hydrogen) atoms. The van der Waals surface area contributed by atoms with E-state index in [2.05, 4.69) is 27.0 Å². The molecule has 128 valence electrons. The standard InChI is InChI=1S/C19H28O4/c1-11(2)9-22-17(20)15-13-7-8-14(19(13,5)6)16(15)18(21)23-10-12(3)4/h13-16H,1,3,7-10H2,2,4-6H3. The third-order valence-corrected chi connectivity index (χ3v) is 5.42. The summed E-state index contributed by atoms with van der Waals surface area (Å²) in [7, 11) is 0. The fourth-order valence-corrected chi connectivity index (χ4v) is 4.37. The highest BCUT2D eigenvalue weighted by atomic mass is 16.5. The zero-order valence-electron chi connectivity index (χ0n) is 14.7. The summed E-state index contributed by atoms with van der Waals surface area (Å²) in [6.45, 7) is 15.9. The normalized spacial score (nSPS) is 30.8. The van der Waals surface area contributed by atoms with Crippen LogP contribution in [0.25, 0.3) is 0 Å². The van der Waals surface area contributed by atoms with Crippen molar-refractivity contribution < 1.29 is 19.1 Å². The first-order valence-corrected chi connectivity index (χ1v) is 8.28. The number of hydrogen-bond acceptors (Lipinski definition) is 4. The predicted molar refractivity (Wildman–Crippen MR) is 88.5 cm³/mol. The second kappa shape index (κ2) is 6.50. The maximum absolute atomic E-state index is 12.6. The maximum atomic E-state index is 12.6. The molecule has 2 fully saturated rings. The van der Waals surface area contributed by atoms with Gasteiger partial charge in [0.25, 0.3) is 0 Å². The van der Waals surface area contributed by atoms with Crippen LogP contribution in [-0.2, 0) is 19.1 Å². The molecule has 2 aliphatic rings. The van der Waals surface area contributed by atoms with Gasteiger partial charge in [0.1, 0.15) is 13.2 Å². The highest BCUT2D eigenvalue weighted by Crippen LogP contribution is 2.63. The molecule has 2 saturated carbocycles. The minimum Gasteiger partial charge on any atom is -0.461 e. The summed E-state index contributed by atoms with van der Waals surface area (Å²) in [5.41, 5.74) is 1.55. The molecule has 0 aromatic rings. The van der Waals surface area contributed by atoms with Gasteiger partial charge in [-0.1, -0.05) is 27.0 Å². The third kappa shape index (κ3) is 3.36. The molecule has 0 N–H and O–H groups in total. The van der Waals surface area contributed by atoms with Crippen molar-refractivity contribution in [2.45, 2.75) is 40.5 Å². The van der Waals surface area contributed by atoms with Crippen LogP contribution in [0.1, 0.15) is 40.5 Å². The van der Waals surface area contributed by atoms with Crippen LogP contribution >= 0.6 is 0 Å². The molecular weight excluding hydrogens is 292 g/mol. The Hall–Kier alpha value is -1.58. The Labute approximate surface area is 138 Å². The Bertz CT molecular complexity index is 485. The van der Waals surface area contributed by atoms with Crippen LogP contribution in [0.15, 0.2) is 24.3 Å². The van der Waals surface area contributed by atoms with Crippen molar-refractivity contribution in [3.63, 3.8) is 0 Å². The Morgan fingerprint density at radius 2 is 1.26 bits per heavy atom. The van der Waals surface area contributed by atoms with E-state index in [1.807, 2.05) is 13.8 Å². The van der Waals surface area contributed by atoms with Gasteiger partial charge in [0, 0.05) is 0 Å². The minimum atomic E-state index is -0.402. The monoisotopic (exact) mass is 320 g/mol. The van der Waals surface area contributed by atoms with Gasteiger partial charge in [0.05, 0.1) is 11.8 Å². The lowest BCUT2D eigenvalue weighted by Crippen LogP contribution is -2.37. The van der Waals surface area contributed by atoms with Crippen molar-refractivity contribution in [2.24, 2.45) is 29.1 Å². The van der Waals surface area contributed by atoms with Gasteiger partial charge in [-0.25, -0.2) is 0 Å². The summed E-state index contributed by atoms with van der Waals surface area (Å²) in [6, 6.07) is 0. The second-order valence-electron chi connectivity index (χ2n) is 7.79. The van der Waals surface area contributed by atoms with Crippen molar-refractivity contribution in [2.75, 3.05) is 13.2 Å². The number of fused-ring (bicyclic) bond motifs is 2. The van der Waals surface area contributed by atoms with Crippen LogP contribution in [0.5, 0.6) is 0 Å². The molecule has 0 heterocycles. The topological polar surface area (TPSA) is 52.6 Å². The zero-order valence-corrected chi connectivity index (χ0v) is 14.7. The number of esters is 2. The number of carbonyl (C=O) groups is 2. The van der Waals surface area contributed by atoms with Crippen LogP contribution in [-0.4, -0.2) is 25.2 Å². The maximum Gasteiger partial charge on any atom is 0.310 e. The van der Waals surface area contributed by atoms with E-state index >= 15 is 0 Å². The van der Waals surface area contributed by atoms with E-state index in [1.165, 1.54) is 0 Å². The molecule has 4 unspecified atom stereocenters. The Morgan fingerprint density at radius 3 is 1.57 bits per heavy atom.